The van der Waals surface area contributed by atoms with Gasteiger partial charge in [-0.25, -0.2) is 24.9 Å². The highest BCUT2D eigenvalue weighted by molar-refractivity contribution is 5.86. The maximum atomic E-state index is 9.45. The topological polar surface area (TPSA) is 119 Å². The van der Waals surface area contributed by atoms with Crippen molar-refractivity contribution in [1.29, 1.82) is 0 Å². The number of aromatic nitrogens is 8. The summed E-state index contributed by atoms with van der Waals surface area (Å²) < 4.78 is 4.06. The van der Waals surface area contributed by atoms with Gasteiger partial charge in [0.25, 0.3) is 0 Å². The molecule has 1 atom stereocenters. The highest BCUT2D eigenvalue weighted by Gasteiger charge is 2.28. The number of fused-ring (bicyclic) bond motifs is 2. The standard InChI is InChI=1S/C24H31N9O/c1-5-32-23(16-11-25-15(4)26-12-16)30-21-22(27-13-28-24(21)32)29-17-6-7-19-18(10-17)20(14(2)3)31-33(19)8-9-34/h11-14,17,34H,5-10H2,1-4H3,(H,27,28,29)/t17-/m0/s1. The fourth-order valence-electron chi connectivity index (χ4n) is 4.85. The van der Waals surface area contributed by atoms with Crippen molar-refractivity contribution in [2.24, 2.45) is 0 Å². The molecule has 4 aromatic rings. The van der Waals surface area contributed by atoms with E-state index in [0.717, 1.165) is 65.7 Å². The van der Waals surface area contributed by atoms with Crippen molar-refractivity contribution in [1.82, 2.24) is 39.3 Å². The van der Waals surface area contributed by atoms with Crippen molar-refractivity contribution in [3.05, 3.63) is 41.5 Å². The van der Waals surface area contributed by atoms with Crippen molar-refractivity contribution in [3.8, 4) is 11.4 Å². The van der Waals surface area contributed by atoms with Gasteiger partial charge in [-0.3, -0.25) is 4.68 Å². The van der Waals surface area contributed by atoms with E-state index in [-0.39, 0.29) is 12.6 Å². The molecule has 1 aliphatic carbocycles. The minimum atomic E-state index is 0.0979. The monoisotopic (exact) mass is 461 g/mol. The maximum Gasteiger partial charge on any atom is 0.165 e. The van der Waals surface area contributed by atoms with E-state index in [1.165, 1.54) is 11.3 Å². The van der Waals surface area contributed by atoms with Gasteiger partial charge in [-0.1, -0.05) is 13.8 Å². The molecule has 178 valence electrons. The van der Waals surface area contributed by atoms with Crippen LogP contribution in [0.2, 0.25) is 0 Å². The number of aryl methyl sites for hydroxylation is 2. The second-order valence-corrected chi connectivity index (χ2v) is 9.09. The van der Waals surface area contributed by atoms with Crippen LogP contribution >= 0.6 is 0 Å². The molecule has 0 saturated carbocycles. The number of nitrogens with zero attached hydrogens (tertiary/aromatic N) is 8. The predicted molar refractivity (Wildman–Crippen MR) is 130 cm³/mol. The lowest BCUT2D eigenvalue weighted by atomic mass is 9.89. The van der Waals surface area contributed by atoms with Crippen LogP contribution in [-0.4, -0.2) is 57.0 Å². The average Bonchev–Trinajstić information content (AvgIpc) is 3.39. The number of aliphatic hydroxyl groups excluding tert-OH is 1. The molecule has 0 aromatic carbocycles. The molecule has 4 heterocycles. The van der Waals surface area contributed by atoms with Crippen LogP contribution < -0.4 is 5.32 Å². The number of hydrogen-bond acceptors (Lipinski definition) is 8. The van der Waals surface area contributed by atoms with E-state index < -0.39 is 0 Å². The summed E-state index contributed by atoms with van der Waals surface area (Å²) in [5.41, 5.74) is 6.09. The van der Waals surface area contributed by atoms with Crippen LogP contribution in [0.15, 0.2) is 18.7 Å². The van der Waals surface area contributed by atoms with Crippen LogP contribution in [0.5, 0.6) is 0 Å². The minimum Gasteiger partial charge on any atom is -0.394 e. The molecular formula is C24H31N9O. The van der Waals surface area contributed by atoms with Gasteiger partial charge in [-0.05, 0) is 44.6 Å². The Morgan fingerprint density at radius 3 is 2.68 bits per heavy atom. The number of anilines is 1. The fraction of sp³-hybridized carbons (Fsp3) is 0.500. The Labute approximate surface area is 198 Å². The molecule has 10 nitrogen and oxygen atoms in total. The normalized spacial score (nSPS) is 15.8. The lowest BCUT2D eigenvalue weighted by molar-refractivity contribution is 0.266. The summed E-state index contributed by atoms with van der Waals surface area (Å²) in [6, 6.07) is 0.216. The number of rotatable bonds is 7. The fourth-order valence-corrected chi connectivity index (χ4v) is 4.85. The number of aliphatic hydroxyl groups is 1. The van der Waals surface area contributed by atoms with Crippen molar-refractivity contribution < 1.29 is 5.11 Å². The Kier molecular flexibility index (Phi) is 5.99. The zero-order valence-electron chi connectivity index (χ0n) is 20.2. The molecule has 0 fully saturated rings. The second kappa shape index (κ2) is 9.09. The van der Waals surface area contributed by atoms with E-state index in [0.29, 0.717) is 12.5 Å². The minimum absolute atomic E-state index is 0.0979. The van der Waals surface area contributed by atoms with E-state index in [2.05, 4.69) is 50.6 Å². The van der Waals surface area contributed by atoms with Gasteiger partial charge >= 0.3 is 0 Å². The summed E-state index contributed by atoms with van der Waals surface area (Å²) >= 11 is 0. The van der Waals surface area contributed by atoms with Gasteiger partial charge in [0.05, 0.1) is 24.4 Å². The molecule has 1 aliphatic rings. The Morgan fingerprint density at radius 2 is 1.97 bits per heavy atom. The second-order valence-electron chi connectivity index (χ2n) is 9.09. The van der Waals surface area contributed by atoms with Crippen LogP contribution in [-0.2, 0) is 25.9 Å². The zero-order chi connectivity index (χ0) is 23.8. The van der Waals surface area contributed by atoms with Gasteiger partial charge in [0.15, 0.2) is 17.0 Å². The summed E-state index contributed by atoms with van der Waals surface area (Å²) in [4.78, 5) is 22.7. The third-order valence-electron chi connectivity index (χ3n) is 6.46. The van der Waals surface area contributed by atoms with E-state index in [1.54, 1.807) is 18.7 Å². The maximum absolute atomic E-state index is 9.45. The molecule has 4 aromatic heterocycles. The third-order valence-corrected chi connectivity index (χ3v) is 6.46. The Morgan fingerprint density at radius 1 is 1.18 bits per heavy atom. The molecule has 0 spiro atoms. The van der Waals surface area contributed by atoms with Crippen molar-refractivity contribution in [2.45, 2.75) is 72.0 Å². The Balaban J connectivity index is 1.48. The molecule has 0 bridgehead atoms. The van der Waals surface area contributed by atoms with Gasteiger partial charge in [0.2, 0.25) is 0 Å². The highest BCUT2D eigenvalue weighted by Crippen LogP contribution is 2.32. The predicted octanol–water partition coefficient (Wildman–Crippen LogP) is 2.89. The lowest BCUT2D eigenvalue weighted by Crippen LogP contribution is -2.29. The van der Waals surface area contributed by atoms with Gasteiger partial charge in [-0.2, -0.15) is 5.10 Å². The molecule has 5 rings (SSSR count). The average molecular weight is 462 g/mol. The smallest absolute Gasteiger partial charge is 0.165 e. The van der Waals surface area contributed by atoms with Gasteiger partial charge in [0.1, 0.15) is 18.0 Å². The summed E-state index contributed by atoms with van der Waals surface area (Å²) in [6.45, 7) is 9.66. The van der Waals surface area contributed by atoms with Crippen LogP contribution in [0.1, 0.15) is 55.9 Å². The summed E-state index contributed by atoms with van der Waals surface area (Å²) in [6.07, 6.45) is 7.94. The molecule has 0 saturated heterocycles. The largest absolute Gasteiger partial charge is 0.394 e. The molecule has 10 heteroatoms. The van der Waals surface area contributed by atoms with Crippen LogP contribution in [0.25, 0.3) is 22.6 Å². The molecule has 2 N–H and O–H groups in total. The van der Waals surface area contributed by atoms with E-state index >= 15 is 0 Å². The Hall–Kier alpha value is -3.40. The molecule has 0 radical (unpaired) electrons. The number of nitrogens with one attached hydrogen (secondary N) is 1. The zero-order valence-corrected chi connectivity index (χ0v) is 20.2. The molecular weight excluding hydrogens is 430 g/mol. The first-order valence-electron chi connectivity index (χ1n) is 12.0. The third kappa shape index (κ3) is 3.91. The molecule has 0 amide bonds. The molecule has 0 unspecified atom stereocenters. The first-order chi connectivity index (χ1) is 16.5. The van der Waals surface area contributed by atoms with Crippen LogP contribution in [0, 0.1) is 6.92 Å². The lowest BCUT2D eigenvalue weighted by Gasteiger charge is -2.25. The summed E-state index contributed by atoms with van der Waals surface area (Å²) in [7, 11) is 0. The first-order valence-corrected chi connectivity index (χ1v) is 12.0. The van der Waals surface area contributed by atoms with Crippen LogP contribution in [0.4, 0.5) is 5.82 Å². The SMILES string of the molecule is CCn1c(-c2cnc(C)nc2)nc2c(N[C@H]3CCc4c(c(C(C)C)nn4CCO)C3)ncnc21. The van der Waals surface area contributed by atoms with E-state index in [9.17, 15) is 5.11 Å². The van der Waals surface area contributed by atoms with Gasteiger partial charge < -0.3 is 15.0 Å². The van der Waals surface area contributed by atoms with E-state index in [1.807, 2.05) is 11.6 Å². The van der Waals surface area contributed by atoms with Crippen molar-refractivity contribution in [2.75, 3.05) is 11.9 Å². The summed E-state index contributed by atoms with van der Waals surface area (Å²) in [5, 5.41) is 17.9. The number of imidazole rings is 1. The Bertz CT molecular complexity index is 1310. The van der Waals surface area contributed by atoms with Gasteiger partial charge in [0, 0.05) is 30.7 Å². The summed E-state index contributed by atoms with van der Waals surface area (Å²) in [5.74, 6) is 2.59. The quantitative estimate of drug-likeness (QED) is 0.431. The first kappa shape index (κ1) is 22.4. The van der Waals surface area contributed by atoms with E-state index in [4.69, 9.17) is 10.1 Å². The molecule has 0 aliphatic heterocycles. The number of hydrogen-bond donors (Lipinski definition) is 2. The highest BCUT2D eigenvalue weighted by atomic mass is 16.3. The van der Waals surface area contributed by atoms with Crippen molar-refractivity contribution in [3.63, 3.8) is 0 Å². The van der Waals surface area contributed by atoms with Gasteiger partial charge in [-0.15, -0.1) is 0 Å². The molecule has 34 heavy (non-hydrogen) atoms. The van der Waals surface area contributed by atoms with Crippen LogP contribution in [0.3, 0.4) is 0 Å². The van der Waals surface area contributed by atoms with Crippen molar-refractivity contribution >= 4 is 17.0 Å².